The number of furan rings is 1. The maximum Gasteiger partial charge on any atom is 0.176 e. The van der Waals surface area contributed by atoms with Gasteiger partial charge in [-0.25, -0.2) is 4.68 Å². The molecule has 1 aliphatic rings. The van der Waals surface area contributed by atoms with Crippen molar-refractivity contribution in [3.8, 4) is 0 Å². The van der Waals surface area contributed by atoms with Gasteiger partial charge in [-0.1, -0.05) is 48.5 Å². The molecule has 1 atom stereocenters. The van der Waals surface area contributed by atoms with Crippen LogP contribution in [-0.4, -0.2) is 56.2 Å². The fraction of sp³-hybridized carbons (Fsp3) is 0.400. The molecule has 7 nitrogen and oxygen atoms in total. The summed E-state index contributed by atoms with van der Waals surface area (Å²) in [5, 5.41) is 13.9. The molecule has 3 heterocycles. The molecule has 166 valence electrons. The summed E-state index contributed by atoms with van der Waals surface area (Å²) in [5.74, 6) is 1.72. The van der Waals surface area contributed by atoms with Crippen molar-refractivity contribution < 1.29 is 4.42 Å². The number of hydrogen-bond donors (Lipinski definition) is 0. The van der Waals surface area contributed by atoms with Gasteiger partial charge in [0.1, 0.15) is 17.4 Å². The summed E-state index contributed by atoms with van der Waals surface area (Å²) in [5.41, 5.74) is 2.02. The summed E-state index contributed by atoms with van der Waals surface area (Å²) in [6, 6.07) is 20.8. The Morgan fingerprint density at radius 1 is 0.938 bits per heavy atom. The number of aromatic nitrogens is 4. The van der Waals surface area contributed by atoms with Crippen LogP contribution in [0.15, 0.2) is 65.1 Å². The molecule has 0 N–H and O–H groups in total. The third kappa shape index (κ3) is 4.18. The SMILES string of the molecule is CC(C)(C)n1nnnc1C(c1cc2ccccc2o1)N1CCN(Cc2ccccc2)CC1. The molecule has 32 heavy (non-hydrogen) atoms. The van der Waals surface area contributed by atoms with Gasteiger partial charge in [-0.15, -0.1) is 5.10 Å². The van der Waals surface area contributed by atoms with Crippen LogP contribution in [0.3, 0.4) is 0 Å². The van der Waals surface area contributed by atoms with Crippen LogP contribution in [0.5, 0.6) is 0 Å². The lowest BCUT2D eigenvalue weighted by Crippen LogP contribution is -2.48. The molecule has 0 radical (unpaired) electrons. The molecule has 0 amide bonds. The highest BCUT2D eigenvalue weighted by Gasteiger charge is 2.35. The average molecular weight is 431 g/mol. The van der Waals surface area contributed by atoms with Gasteiger partial charge in [-0.3, -0.25) is 9.80 Å². The highest BCUT2D eigenvalue weighted by Crippen LogP contribution is 2.34. The van der Waals surface area contributed by atoms with E-state index in [9.17, 15) is 0 Å². The number of nitrogens with zero attached hydrogens (tertiary/aromatic N) is 6. The van der Waals surface area contributed by atoms with E-state index in [2.05, 4.69) is 88.6 Å². The quantitative estimate of drug-likeness (QED) is 0.475. The first-order valence-electron chi connectivity index (χ1n) is 11.3. The Kier molecular flexibility index (Phi) is 5.53. The second-order valence-corrected chi connectivity index (χ2v) is 9.51. The molecule has 2 aromatic heterocycles. The molecule has 5 rings (SSSR count). The molecule has 1 saturated heterocycles. The maximum atomic E-state index is 6.33. The van der Waals surface area contributed by atoms with Gasteiger partial charge in [0.05, 0.1) is 5.54 Å². The van der Waals surface area contributed by atoms with Gasteiger partial charge in [0.15, 0.2) is 5.82 Å². The largest absolute Gasteiger partial charge is 0.459 e. The molecule has 4 aromatic rings. The van der Waals surface area contributed by atoms with Crippen molar-refractivity contribution in [2.24, 2.45) is 0 Å². The zero-order valence-electron chi connectivity index (χ0n) is 19.0. The molecule has 0 spiro atoms. The van der Waals surface area contributed by atoms with E-state index in [0.29, 0.717) is 0 Å². The van der Waals surface area contributed by atoms with Crippen LogP contribution in [0.4, 0.5) is 0 Å². The molecule has 0 bridgehead atoms. The molecule has 0 saturated carbocycles. The minimum atomic E-state index is -0.224. The first-order valence-corrected chi connectivity index (χ1v) is 11.3. The van der Waals surface area contributed by atoms with Crippen molar-refractivity contribution in [2.45, 2.75) is 38.9 Å². The lowest BCUT2D eigenvalue weighted by atomic mass is 10.1. The normalized spacial score (nSPS) is 17.1. The Bertz CT molecular complexity index is 1130. The number of benzene rings is 2. The van der Waals surface area contributed by atoms with Gasteiger partial charge >= 0.3 is 0 Å². The fourth-order valence-electron chi connectivity index (χ4n) is 4.47. The zero-order chi connectivity index (χ0) is 22.1. The second kappa shape index (κ2) is 8.48. The Balaban J connectivity index is 1.44. The van der Waals surface area contributed by atoms with Gasteiger partial charge in [-0.2, -0.15) is 0 Å². The van der Waals surface area contributed by atoms with Gasteiger partial charge in [0.2, 0.25) is 0 Å². The monoisotopic (exact) mass is 430 g/mol. The van der Waals surface area contributed by atoms with E-state index in [1.807, 2.05) is 22.9 Å². The van der Waals surface area contributed by atoms with Crippen LogP contribution in [0.25, 0.3) is 11.0 Å². The predicted molar refractivity (Wildman–Crippen MR) is 124 cm³/mol. The summed E-state index contributed by atoms with van der Waals surface area (Å²) in [6.07, 6.45) is 0. The maximum absolute atomic E-state index is 6.33. The van der Waals surface area contributed by atoms with Gasteiger partial charge in [0, 0.05) is 38.1 Å². The summed E-state index contributed by atoms with van der Waals surface area (Å²) in [4.78, 5) is 4.96. The minimum absolute atomic E-state index is 0.129. The molecule has 7 heteroatoms. The number of tetrazole rings is 1. The summed E-state index contributed by atoms with van der Waals surface area (Å²) in [7, 11) is 0. The van der Waals surface area contributed by atoms with Crippen molar-refractivity contribution in [2.75, 3.05) is 26.2 Å². The average Bonchev–Trinajstić information content (AvgIpc) is 3.43. The van der Waals surface area contributed by atoms with E-state index in [-0.39, 0.29) is 11.6 Å². The molecule has 1 unspecified atom stereocenters. The smallest absolute Gasteiger partial charge is 0.176 e. The Hall–Kier alpha value is -3.03. The number of fused-ring (bicyclic) bond motifs is 1. The van der Waals surface area contributed by atoms with Gasteiger partial charge in [0.25, 0.3) is 0 Å². The van der Waals surface area contributed by atoms with E-state index >= 15 is 0 Å². The molecule has 0 aliphatic carbocycles. The number of hydrogen-bond acceptors (Lipinski definition) is 6. The highest BCUT2D eigenvalue weighted by atomic mass is 16.3. The number of rotatable bonds is 5. The summed E-state index contributed by atoms with van der Waals surface area (Å²) >= 11 is 0. The highest BCUT2D eigenvalue weighted by molar-refractivity contribution is 5.77. The third-order valence-electron chi connectivity index (χ3n) is 6.11. The van der Waals surface area contributed by atoms with E-state index in [1.165, 1.54) is 5.56 Å². The van der Waals surface area contributed by atoms with Gasteiger partial charge in [-0.05, 0) is 48.9 Å². The Morgan fingerprint density at radius 2 is 1.66 bits per heavy atom. The lowest BCUT2D eigenvalue weighted by molar-refractivity contribution is 0.0906. The summed E-state index contributed by atoms with van der Waals surface area (Å²) in [6.45, 7) is 11.2. The van der Waals surface area contributed by atoms with Crippen LogP contribution < -0.4 is 0 Å². The van der Waals surface area contributed by atoms with Crippen molar-refractivity contribution >= 4 is 11.0 Å². The number of piperazine rings is 1. The Labute approximate surface area is 188 Å². The Morgan fingerprint density at radius 3 is 2.38 bits per heavy atom. The van der Waals surface area contributed by atoms with Crippen molar-refractivity contribution in [1.29, 1.82) is 0 Å². The minimum Gasteiger partial charge on any atom is -0.459 e. The molecular weight excluding hydrogens is 400 g/mol. The van der Waals surface area contributed by atoms with E-state index < -0.39 is 0 Å². The van der Waals surface area contributed by atoms with Crippen molar-refractivity contribution in [1.82, 2.24) is 30.0 Å². The second-order valence-electron chi connectivity index (χ2n) is 9.51. The third-order valence-corrected chi connectivity index (χ3v) is 6.11. The lowest BCUT2D eigenvalue weighted by Gasteiger charge is -2.38. The van der Waals surface area contributed by atoms with Crippen LogP contribution in [0.2, 0.25) is 0 Å². The molecule has 1 aliphatic heterocycles. The first kappa shape index (κ1) is 20.8. The molecular formula is C25H30N6O. The number of para-hydroxylation sites is 1. The van der Waals surface area contributed by atoms with Crippen LogP contribution in [0, 0.1) is 0 Å². The van der Waals surface area contributed by atoms with E-state index in [4.69, 9.17) is 4.42 Å². The van der Waals surface area contributed by atoms with Crippen LogP contribution in [-0.2, 0) is 12.1 Å². The fourth-order valence-corrected chi connectivity index (χ4v) is 4.47. The van der Waals surface area contributed by atoms with E-state index in [0.717, 1.165) is 55.3 Å². The van der Waals surface area contributed by atoms with E-state index in [1.54, 1.807) is 0 Å². The topological polar surface area (TPSA) is 63.2 Å². The van der Waals surface area contributed by atoms with Crippen molar-refractivity contribution in [3.63, 3.8) is 0 Å². The predicted octanol–water partition coefficient (Wildman–Crippen LogP) is 4.08. The first-order chi connectivity index (χ1) is 15.5. The van der Waals surface area contributed by atoms with Crippen LogP contribution in [0.1, 0.15) is 44.0 Å². The molecule has 2 aromatic carbocycles. The molecule has 1 fully saturated rings. The standard InChI is InChI=1S/C25H30N6O/c1-25(2,3)31-24(26-27-28-31)23(22-17-20-11-7-8-12-21(20)32-22)30-15-13-29(14-16-30)18-19-9-5-4-6-10-19/h4-12,17,23H,13-16,18H2,1-3H3. The van der Waals surface area contributed by atoms with Gasteiger partial charge < -0.3 is 4.42 Å². The van der Waals surface area contributed by atoms with Crippen LogP contribution >= 0.6 is 0 Å². The zero-order valence-corrected chi connectivity index (χ0v) is 19.0. The summed E-state index contributed by atoms with van der Waals surface area (Å²) < 4.78 is 8.26. The van der Waals surface area contributed by atoms with Crippen molar-refractivity contribution in [3.05, 3.63) is 77.8 Å².